The average molecular weight is 269 g/mol. The summed E-state index contributed by atoms with van der Waals surface area (Å²) in [6.45, 7) is 0. The van der Waals surface area contributed by atoms with E-state index in [-0.39, 0.29) is 17.9 Å². The molecule has 0 saturated carbocycles. The lowest BCUT2D eigenvalue weighted by Gasteiger charge is -2.02. The normalized spacial score (nSPS) is 10.9. The molecule has 0 bridgehead atoms. The number of hydrogen-bond acceptors (Lipinski definition) is 3. The van der Waals surface area contributed by atoms with Crippen molar-refractivity contribution in [1.29, 1.82) is 0 Å². The number of para-hydroxylation sites is 2. The van der Waals surface area contributed by atoms with E-state index in [1.54, 1.807) is 0 Å². The Balaban J connectivity index is 1.91. The number of hydrogen-bond donors (Lipinski definition) is 0. The van der Waals surface area contributed by atoms with E-state index < -0.39 is 5.82 Å². The number of rotatable bonds is 3. The lowest BCUT2D eigenvalue weighted by Crippen LogP contribution is -2.10. The van der Waals surface area contributed by atoms with Crippen LogP contribution in [-0.2, 0) is 13.5 Å². The van der Waals surface area contributed by atoms with Crippen LogP contribution >= 0.6 is 0 Å². The summed E-state index contributed by atoms with van der Waals surface area (Å²) in [4.78, 5) is 20.3. The summed E-state index contributed by atoms with van der Waals surface area (Å²) in [5.41, 5.74) is 2.07. The highest BCUT2D eigenvalue weighted by Gasteiger charge is 2.14. The number of aromatic nitrogens is 3. The van der Waals surface area contributed by atoms with Crippen LogP contribution in [0.4, 0.5) is 4.39 Å². The number of carbonyl (C=O) groups excluding carboxylic acids is 1. The molecule has 2 heterocycles. The fourth-order valence-electron chi connectivity index (χ4n) is 2.13. The minimum absolute atomic E-state index is 0.143. The Morgan fingerprint density at radius 2 is 2.05 bits per heavy atom. The maximum absolute atomic E-state index is 12.8. The minimum atomic E-state index is -0.454. The van der Waals surface area contributed by atoms with Gasteiger partial charge in [-0.25, -0.2) is 9.37 Å². The Morgan fingerprint density at radius 1 is 1.25 bits per heavy atom. The predicted octanol–water partition coefficient (Wildman–Crippen LogP) is 2.53. The molecule has 0 aliphatic rings. The van der Waals surface area contributed by atoms with E-state index in [0.29, 0.717) is 5.82 Å². The van der Waals surface area contributed by atoms with Crippen LogP contribution in [0.15, 0.2) is 42.6 Å². The van der Waals surface area contributed by atoms with Crippen molar-refractivity contribution in [3.63, 3.8) is 0 Å². The number of nitrogens with zero attached hydrogens (tertiary/aromatic N) is 3. The third-order valence-corrected chi connectivity index (χ3v) is 3.21. The van der Waals surface area contributed by atoms with Crippen LogP contribution in [0, 0.1) is 5.82 Å². The van der Waals surface area contributed by atoms with Gasteiger partial charge in [-0.1, -0.05) is 12.1 Å². The molecular weight excluding hydrogens is 257 g/mol. The van der Waals surface area contributed by atoms with Crippen LogP contribution in [-0.4, -0.2) is 20.3 Å². The number of Topliss-reactive ketones (excluding diaryl/α,β-unsaturated/α-hetero) is 1. The molecule has 0 unspecified atom stereocenters. The molecule has 0 radical (unpaired) electrons. The largest absolute Gasteiger partial charge is 0.331 e. The number of fused-ring (bicyclic) bond motifs is 1. The number of aryl methyl sites for hydroxylation is 1. The Hall–Kier alpha value is -2.56. The summed E-state index contributed by atoms with van der Waals surface area (Å²) in [5.74, 6) is 0.0370. The van der Waals surface area contributed by atoms with Crippen molar-refractivity contribution in [2.45, 2.75) is 6.42 Å². The van der Waals surface area contributed by atoms with Crippen molar-refractivity contribution in [2.75, 3.05) is 0 Å². The van der Waals surface area contributed by atoms with Crippen LogP contribution in [0.5, 0.6) is 0 Å². The van der Waals surface area contributed by atoms with Gasteiger partial charge in [0.25, 0.3) is 0 Å². The molecule has 0 atom stereocenters. The van der Waals surface area contributed by atoms with Crippen LogP contribution in [0.1, 0.15) is 16.3 Å². The summed E-state index contributed by atoms with van der Waals surface area (Å²) in [7, 11) is 1.87. The maximum atomic E-state index is 12.8. The number of halogens is 1. The lowest BCUT2D eigenvalue weighted by molar-refractivity contribution is 0.0985. The molecule has 5 heteroatoms. The molecule has 1 aromatic carbocycles. The Labute approximate surface area is 114 Å². The number of ketones is 1. The van der Waals surface area contributed by atoms with Gasteiger partial charge >= 0.3 is 0 Å². The number of pyridine rings is 1. The van der Waals surface area contributed by atoms with Gasteiger partial charge in [0.05, 0.1) is 23.7 Å². The molecule has 0 fully saturated rings. The Bertz CT molecular complexity index is 777. The molecule has 0 saturated heterocycles. The average Bonchev–Trinajstić information content (AvgIpc) is 2.77. The quantitative estimate of drug-likeness (QED) is 0.686. The maximum Gasteiger partial charge on any atom is 0.188 e. The van der Waals surface area contributed by atoms with Gasteiger partial charge in [0.1, 0.15) is 17.3 Å². The van der Waals surface area contributed by atoms with Crippen LogP contribution in [0.2, 0.25) is 0 Å². The van der Waals surface area contributed by atoms with Crippen molar-refractivity contribution in [1.82, 2.24) is 14.5 Å². The SMILES string of the molecule is Cn1c(CC(=O)c2ccc(F)cn2)nc2ccccc21. The first-order valence-corrected chi connectivity index (χ1v) is 6.20. The van der Waals surface area contributed by atoms with Gasteiger partial charge in [0.15, 0.2) is 5.78 Å². The first-order valence-electron chi connectivity index (χ1n) is 6.20. The third-order valence-electron chi connectivity index (χ3n) is 3.21. The van der Waals surface area contributed by atoms with E-state index in [1.165, 1.54) is 12.1 Å². The Morgan fingerprint density at radius 3 is 2.75 bits per heavy atom. The molecule has 0 aliphatic carbocycles. The zero-order valence-electron chi connectivity index (χ0n) is 10.9. The van der Waals surface area contributed by atoms with Gasteiger partial charge in [-0.3, -0.25) is 9.78 Å². The molecule has 20 heavy (non-hydrogen) atoms. The molecule has 3 aromatic rings. The van der Waals surface area contributed by atoms with Gasteiger partial charge in [-0.2, -0.15) is 0 Å². The molecular formula is C15H12FN3O. The molecule has 0 spiro atoms. The zero-order chi connectivity index (χ0) is 14.1. The fraction of sp³-hybridized carbons (Fsp3) is 0.133. The van der Waals surface area contributed by atoms with Crippen LogP contribution in [0.25, 0.3) is 11.0 Å². The van der Waals surface area contributed by atoms with Crippen molar-refractivity contribution in [3.05, 3.63) is 59.9 Å². The van der Waals surface area contributed by atoms with E-state index >= 15 is 0 Å². The smallest absolute Gasteiger partial charge is 0.188 e. The number of carbonyl (C=O) groups is 1. The molecule has 3 rings (SSSR count). The van der Waals surface area contributed by atoms with Gasteiger partial charge in [-0.15, -0.1) is 0 Å². The Kier molecular flexibility index (Phi) is 3.02. The highest BCUT2D eigenvalue weighted by molar-refractivity contribution is 5.95. The van der Waals surface area contributed by atoms with Crippen LogP contribution in [0.3, 0.4) is 0 Å². The first kappa shape index (κ1) is 12.5. The summed E-state index contributed by atoms with van der Waals surface area (Å²) >= 11 is 0. The first-order chi connectivity index (χ1) is 9.65. The zero-order valence-corrected chi connectivity index (χ0v) is 10.9. The van der Waals surface area contributed by atoms with E-state index in [4.69, 9.17) is 0 Å². The predicted molar refractivity (Wildman–Crippen MR) is 72.9 cm³/mol. The highest BCUT2D eigenvalue weighted by Crippen LogP contribution is 2.15. The molecule has 4 nitrogen and oxygen atoms in total. The topological polar surface area (TPSA) is 47.8 Å². The van der Waals surface area contributed by atoms with Crippen molar-refractivity contribution in [3.8, 4) is 0 Å². The van der Waals surface area contributed by atoms with E-state index in [9.17, 15) is 9.18 Å². The van der Waals surface area contributed by atoms with E-state index in [0.717, 1.165) is 17.2 Å². The second kappa shape index (κ2) is 4.85. The van der Waals surface area contributed by atoms with Crippen molar-refractivity contribution >= 4 is 16.8 Å². The second-order valence-electron chi connectivity index (χ2n) is 4.54. The molecule has 0 aliphatic heterocycles. The number of imidazole rings is 1. The van der Waals surface area contributed by atoms with Crippen molar-refractivity contribution < 1.29 is 9.18 Å². The molecule has 2 aromatic heterocycles. The molecule has 0 amide bonds. The summed E-state index contributed by atoms with van der Waals surface area (Å²) in [6.07, 6.45) is 1.19. The van der Waals surface area contributed by atoms with Gasteiger partial charge in [-0.05, 0) is 24.3 Å². The highest BCUT2D eigenvalue weighted by atomic mass is 19.1. The fourth-order valence-corrected chi connectivity index (χ4v) is 2.13. The standard InChI is InChI=1S/C15H12FN3O/c1-19-13-5-3-2-4-11(13)18-15(19)8-14(20)12-7-6-10(16)9-17-12/h2-7,9H,8H2,1H3. The molecule has 0 N–H and O–H groups in total. The number of benzene rings is 1. The minimum Gasteiger partial charge on any atom is -0.331 e. The van der Waals surface area contributed by atoms with Gasteiger partial charge < -0.3 is 4.57 Å². The summed E-state index contributed by atoms with van der Waals surface area (Å²) < 4.78 is 14.7. The van der Waals surface area contributed by atoms with Gasteiger partial charge in [0.2, 0.25) is 0 Å². The third kappa shape index (κ3) is 2.18. The van der Waals surface area contributed by atoms with Crippen molar-refractivity contribution in [2.24, 2.45) is 7.05 Å². The van der Waals surface area contributed by atoms with E-state index in [2.05, 4.69) is 9.97 Å². The second-order valence-corrected chi connectivity index (χ2v) is 4.54. The molecule has 100 valence electrons. The van der Waals surface area contributed by atoms with Gasteiger partial charge in [0, 0.05) is 7.05 Å². The lowest BCUT2D eigenvalue weighted by atomic mass is 10.2. The summed E-state index contributed by atoms with van der Waals surface area (Å²) in [5, 5.41) is 0. The van der Waals surface area contributed by atoms with E-state index in [1.807, 2.05) is 35.9 Å². The monoisotopic (exact) mass is 269 g/mol. The van der Waals surface area contributed by atoms with Crippen LogP contribution < -0.4 is 0 Å². The summed E-state index contributed by atoms with van der Waals surface area (Å²) in [6, 6.07) is 10.3.